The molecule has 2 aromatic carbocycles. The van der Waals surface area contributed by atoms with Crippen molar-refractivity contribution in [1.29, 1.82) is 0 Å². The fourth-order valence-corrected chi connectivity index (χ4v) is 1.44. The van der Waals surface area contributed by atoms with Crippen molar-refractivity contribution in [3.8, 4) is 0 Å². The molecule has 110 valence electrons. The number of hydrogen-bond acceptors (Lipinski definition) is 1. The maximum Gasteiger partial charge on any atom is 0.0178 e. The number of benzene rings is 2. The Balaban J connectivity index is 0.000000304. The number of hydrogen-bond donors (Lipinski definition) is 1. The Kier molecular flexibility index (Phi) is 11.4. The van der Waals surface area contributed by atoms with Gasteiger partial charge < -0.3 is 5.73 Å². The summed E-state index contributed by atoms with van der Waals surface area (Å²) in [5.41, 5.74) is 9.29. The van der Waals surface area contributed by atoms with E-state index in [2.05, 4.69) is 76.2 Å². The van der Waals surface area contributed by atoms with Crippen LogP contribution in [0.15, 0.2) is 54.6 Å². The molecule has 0 aliphatic carbocycles. The molecule has 2 N–H and O–H groups in total. The molecule has 1 nitrogen and oxygen atoms in total. The van der Waals surface area contributed by atoms with Crippen molar-refractivity contribution >= 4 is 0 Å². The topological polar surface area (TPSA) is 26.0 Å². The summed E-state index contributed by atoms with van der Waals surface area (Å²) < 4.78 is 0. The molecular formula is C19H29N. The van der Waals surface area contributed by atoms with Gasteiger partial charge >= 0.3 is 0 Å². The highest BCUT2D eigenvalue weighted by Gasteiger charge is 1.85. The molecule has 0 aliphatic rings. The molecule has 2 aromatic rings. The molecule has 0 spiro atoms. The van der Waals surface area contributed by atoms with Gasteiger partial charge in [-0.2, -0.15) is 0 Å². The first-order valence-electron chi connectivity index (χ1n) is 7.47. The van der Waals surface area contributed by atoms with E-state index in [0.717, 1.165) is 6.42 Å². The highest BCUT2D eigenvalue weighted by atomic mass is 14.5. The van der Waals surface area contributed by atoms with Gasteiger partial charge in [-0.15, -0.1) is 0 Å². The van der Waals surface area contributed by atoms with E-state index in [0.29, 0.717) is 6.54 Å². The van der Waals surface area contributed by atoms with Gasteiger partial charge in [-0.3, -0.25) is 0 Å². The maximum absolute atomic E-state index is 5.40. The lowest BCUT2D eigenvalue weighted by atomic mass is 10.2. The molecule has 1 heteroatoms. The summed E-state index contributed by atoms with van der Waals surface area (Å²) in [6, 6.07) is 18.7. The highest BCUT2D eigenvalue weighted by Crippen LogP contribution is 2.00. The van der Waals surface area contributed by atoms with E-state index in [1.54, 1.807) is 0 Å². The summed E-state index contributed by atoms with van der Waals surface area (Å²) in [7, 11) is 0. The van der Waals surface area contributed by atoms with Crippen LogP contribution in [0.1, 0.15) is 43.9 Å². The molecule has 20 heavy (non-hydrogen) atoms. The average Bonchev–Trinajstić information content (AvgIpc) is 2.50. The van der Waals surface area contributed by atoms with E-state index in [1.807, 2.05) is 6.07 Å². The first-order chi connectivity index (χ1) is 9.67. The third-order valence-electron chi connectivity index (χ3n) is 2.61. The predicted molar refractivity (Wildman–Crippen MR) is 90.9 cm³/mol. The minimum absolute atomic E-state index is 0.639. The van der Waals surface area contributed by atoms with Crippen LogP contribution in [0, 0.1) is 6.92 Å². The molecule has 0 aliphatic heterocycles. The molecule has 0 fully saturated rings. The molecular weight excluding hydrogens is 242 g/mol. The lowest BCUT2D eigenvalue weighted by Gasteiger charge is -1.94. The average molecular weight is 271 g/mol. The number of aryl methyl sites for hydroxylation is 2. The Bertz CT molecular complexity index is 417. The van der Waals surface area contributed by atoms with Gasteiger partial charge in [-0.25, -0.2) is 0 Å². The fourth-order valence-electron chi connectivity index (χ4n) is 1.44. The maximum atomic E-state index is 5.40. The summed E-state index contributed by atoms with van der Waals surface area (Å²) in [6.07, 6.45) is 2.39. The van der Waals surface area contributed by atoms with Crippen molar-refractivity contribution in [2.24, 2.45) is 5.73 Å². The molecule has 0 atom stereocenters. The lowest BCUT2D eigenvalue weighted by Crippen LogP contribution is -1.94. The van der Waals surface area contributed by atoms with Crippen LogP contribution in [-0.4, -0.2) is 0 Å². The lowest BCUT2D eigenvalue weighted by molar-refractivity contribution is 1.07. The summed E-state index contributed by atoms with van der Waals surface area (Å²) in [6.45, 7) is 9.12. The SMILES string of the molecule is CCC.CCc1ccccc1.Cc1ccc(CN)cc1. The minimum Gasteiger partial charge on any atom is -0.326 e. The van der Waals surface area contributed by atoms with Gasteiger partial charge in [0.1, 0.15) is 0 Å². The second-order valence-corrected chi connectivity index (χ2v) is 4.74. The third-order valence-corrected chi connectivity index (χ3v) is 2.61. The second kappa shape index (κ2) is 12.4. The van der Waals surface area contributed by atoms with Crippen molar-refractivity contribution in [2.75, 3.05) is 0 Å². The van der Waals surface area contributed by atoms with E-state index in [1.165, 1.54) is 23.1 Å². The molecule has 0 saturated carbocycles. The summed E-state index contributed by atoms with van der Waals surface area (Å²) in [5.74, 6) is 0. The van der Waals surface area contributed by atoms with Crippen LogP contribution in [-0.2, 0) is 13.0 Å². The normalized spacial score (nSPS) is 8.85. The van der Waals surface area contributed by atoms with Crippen LogP contribution in [0.3, 0.4) is 0 Å². The minimum atomic E-state index is 0.639. The zero-order chi connectivity index (χ0) is 15.2. The van der Waals surface area contributed by atoms with Gasteiger partial charge in [0.2, 0.25) is 0 Å². The van der Waals surface area contributed by atoms with Crippen LogP contribution in [0.2, 0.25) is 0 Å². The fraction of sp³-hybridized carbons (Fsp3) is 0.368. The molecule has 0 bridgehead atoms. The molecule has 0 heterocycles. The van der Waals surface area contributed by atoms with Crippen LogP contribution in [0.25, 0.3) is 0 Å². The van der Waals surface area contributed by atoms with E-state index >= 15 is 0 Å². The third kappa shape index (κ3) is 9.35. The van der Waals surface area contributed by atoms with E-state index in [9.17, 15) is 0 Å². The molecule has 0 unspecified atom stereocenters. The molecule has 0 radical (unpaired) electrons. The second-order valence-electron chi connectivity index (χ2n) is 4.74. The van der Waals surface area contributed by atoms with Gasteiger partial charge in [0.25, 0.3) is 0 Å². The van der Waals surface area contributed by atoms with Crippen LogP contribution < -0.4 is 5.73 Å². The van der Waals surface area contributed by atoms with Gasteiger partial charge in [0.05, 0.1) is 0 Å². The van der Waals surface area contributed by atoms with E-state index < -0.39 is 0 Å². The summed E-state index contributed by atoms with van der Waals surface area (Å²) in [5, 5.41) is 0. The molecule has 0 amide bonds. The van der Waals surface area contributed by atoms with Crippen molar-refractivity contribution in [3.05, 3.63) is 71.3 Å². The van der Waals surface area contributed by atoms with Crippen LogP contribution in [0.5, 0.6) is 0 Å². The van der Waals surface area contributed by atoms with Gasteiger partial charge in [0, 0.05) is 6.54 Å². The van der Waals surface area contributed by atoms with Crippen molar-refractivity contribution in [3.63, 3.8) is 0 Å². The predicted octanol–water partition coefficient (Wildman–Crippen LogP) is 5.12. The highest BCUT2D eigenvalue weighted by molar-refractivity contribution is 5.20. The number of nitrogens with two attached hydrogens (primary N) is 1. The zero-order valence-corrected chi connectivity index (χ0v) is 13.4. The smallest absolute Gasteiger partial charge is 0.0178 e. The van der Waals surface area contributed by atoms with Crippen molar-refractivity contribution in [1.82, 2.24) is 0 Å². The Morgan fingerprint density at radius 3 is 1.60 bits per heavy atom. The van der Waals surface area contributed by atoms with Gasteiger partial charge in [-0.1, -0.05) is 87.4 Å². The van der Waals surface area contributed by atoms with E-state index in [-0.39, 0.29) is 0 Å². The Morgan fingerprint density at radius 1 is 0.750 bits per heavy atom. The quantitative estimate of drug-likeness (QED) is 0.806. The summed E-state index contributed by atoms with van der Waals surface area (Å²) in [4.78, 5) is 0. The first-order valence-corrected chi connectivity index (χ1v) is 7.47. The standard InChI is InChI=1S/C8H11N.C8H10.C3H8/c1-7-2-4-8(6-9)5-3-7;1-2-8-6-4-3-5-7-8;1-3-2/h2-5H,6,9H2,1H3;3-7H,2H2,1H3;3H2,1-2H3. The van der Waals surface area contributed by atoms with Gasteiger partial charge in [0.15, 0.2) is 0 Å². The zero-order valence-electron chi connectivity index (χ0n) is 13.4. The van der Waals surface area contributed by atoms with Crippen LogP contribution in [0.4, 0.5) is 0 Å². The molecule has 0 saturated heterocycles. The molecule has 0 aromatic heterocycles. The van der Waals surface area contributed by atoms with E-state index in [4.69, 9.17) is 5.73 Å². The van der Waals surface area contributed by atoms with Crippen LogP contribution >= 0.6 is 0 Å². The monoisotopic (exact) mass is 271 g/mol. The van der Waals surface area contributed by atoms with Crippen molar-refractivity contribution < 1.29 is 0 Å². The first kappa shape index (κ1) is 18.4. The molecule has 2 rings (SSSR count). The summed E-state index contributed by atoms with van der Waals surface area (Å²) >= 11 is 0. The largest absolute Gasteiger partial charge is 0.326 e. The Morgan fingerprint density at radius 2 is 1.25 bits per heavy atom. The Labute approximate surface area is 124 Å². The Hall–Kier alpha value is -1.60. The number of rotatable bonds is 2. The van der Waals surface area contributed by atoms with Crippen molar-refractivity contribution in [2.45, 2.75) is 47.1 Å². The van der Waals surface area contributed by atoms with Gasteiger partial charge in [-0.05, 0) is 24.5 Å².